The fraction of sp³-hybridized carbons (Fsp3) is 0.667. The molecule has 1 atom stereocenters. The minimum absolute atomic E-state index is 0.135. The van der Waals surface area contributed by atoms with Crippen molar-refractivity contribution in [3.8, 4) is 0 Å². The quantitative estimate of drug-likeness (QED) is 0.827. The standard InChI is InChI=1S/C12H20ClN3O2/c1-4-6-9(8-18-3)15-10-7-14-16(5-2)12(17)11(10)13/h7,9,15H,4-6,8H2,1-3H3. The van der Waals surface area contributed by atoms with Crippen molar-refractivity contribution in [2.75, 3.05) is 19.0 Å². The van der Waals surface area contributed by atoms with Gasteiger partial charge in [0.15, 0.2) is 0 Å². The van der Waals surface area contributed by atoms with Gasteiger partial charge in [0.2, 0.25) is 0 Å². The fourth-order valence-corrected chi connectivity index (χ4v) is 1.96. The molecule has 18 heavy (non-hydrogen) atoms. The average molecular weight is 274 g/mol. The number of anilines is 1. The van der Waals surface area contributed by atoms with Gasteiger partial charge in [-0.25, -0.2) is 4.68 Å². The Kier molecular flexibility index (Phi) is 6.15. The van der Waals surface area contributed by atoms with E-state index in [2.05, 4.69) is 17.3 Å². The Labute approximate surface area is 112 Å². The number of aryl methyl sites for hydroxylation is 1. The lowest BCUT2D eigenvalue weighted by Gasteiger charge is -2.19. The summed E-state index contributed by atoms with van der Waals surface area (Å²) in [4.78, 5) is 11.8. The van der Waals surface area contributed by atoms with Gasteiger partial charge < -0.3 is 10.1 Å². The largest absolute Gasteiger partial charge is 0.383 e. The number of ether oxygens (including phenoxy) is 1. The molecule has 0 amide bonds. The molecule has 0 fully saturated rings. The van der Waals surface area contributed by atoms with E-state index < -0.39 is 0 Å². The smallest absolute Gasteiger partial charge is 0.287 e. The van der Waals surface area contributed by atoms with Crippen LogP contribution >= 0.6 is 11.6 Å². The number of hydrogen-bond donors (Lipinski definition) is 1. The average Bonchev–Trinajstić information content (AvgIpc) is 2.36. The molecular formula is C12H20ClN3O2. The normalized spacial score (nSPS) is 12.4. The number of nitrogens with zero attached hydrogens (tertiary/aromatic N) is 2. The maximum Gasteiger partial charge on any atom is 0.287 e. The lowest BCUT2D eigenvalue weighted by Crippen LogP contribution is -2.28. The van der Waals surface area contributed by atoms with Crippen molar-refractivity contribution in [1.82, 2.24) is 9.78 Å². The third kappa shape index (κ3) is 3.71. The predicted octanol–water partition coefficient (Wildman–Crippen LogP) is 2.14. The van der Waals surface area contributed by atoms with Gasteiger partial charge in [0, 0.05) is 19.7 Å². The van der Waals surface area contributed by atoms with Gasteiger partial charge in [-0.05, 0) is 13.3 Å². The number of rotatable bonds is 7. The lowest BCUT2D eigenvalue weighted by atomic mass is 10.2. The summed E-state index contributed by atoms with van der Waals surface area (Å²) in [5.74, 6) is 0. The van der Waals surface area contributed by atoms with Crippen LogP contribution in [0.3, 0.4) is 0 Å². The molecule has 0 saturated carbocycles. The molecule has 0 aliphatic carbocycles. The first-order chi connectivity index (χ1) is 8.63. The molecule has 1 aromatic heterocycles. The van der Waals surface area contributed by atoms with Crippen molar-refractivity contribution in [1.29, 1.82) is 0 Å². The summed E-state index contributed by atoms with van der Waals surface area (Å²) >= 11 is 6.04. The Morgan fingerprint density at radius 2 is 2.28 bits per heavy atom. The molecule has 102 valence electrons. The van der Waals surface area contributed by atoms with Gasteiger partial charge in [-0.3, -0.25) is 4.79 Å². The van der Waals surface area contributed by atoms with Crippen LogP contribution in [0.15, 0.2) is 11.0 Å². The summed E-state index contributed by atoms with van der Waals surface area (Å²) in [5, 5.41) is 7.44. The fourth-order valence-electron chi connectivity index (χ4n) is 1.76. The predicted molar refractivity (Wildman–Crippen MR) is 73.4 cm³/mol. The van der Waals surface area contributed by atoms with Gasteiger partial charge in [0.25, 0.3) is 5.56 Å². The number of halogens is 1. The number of nitrogens with one attached hydrogen (secondary N) is 1. The molecule has 0 aliphatic rings. The highest BCUT2D eigenvalue weighted by molar-refractivity contribution is 6.32. The maximum absolute atomic E-state index is 11.8. The molecule has 1 heterocycles. The van der Waals surface area contributed by atoms with Crippen molar-refractivity contribution in [3.05, 3.63) is 21.6 Å². The van der Waals surface area contributed by atoms with Crippen molar-refractivity contribution in [3.63, 3.8) is 0 Å². The Bertz CT molecular complexity index is 428. The molecule has 1 unspecified atom stereocenters. The number of aromatic nitrogens is 2. The second kappa shape index (κ2) is 7.38. The zero-order valence-corrected chi connectivity index (χ0v) is 11.8. The van der Waals surface area contributed by atoms with E-state index in [4.69, 9.17) is 16.3 Å². The van der Waals surface area contributed by atoms with Crippen LogP contribution in [0.25, 0.3) is 0 Å². The van der Waals surface area contributed by atoms with Gasteiger partial charge in [0.1, 0.15) is 5.02 Å². The molecule has 0 aromatic carbocycles. The minimum atomic E-state index is -0.267. The zero-order chi connectivity index (χ0) is 13.5. The van der Waals surface area contributed by atoms with E-state index in [0.717, 1.165) is 12.8 Å². The van der Waals surface area contributed by atoms with Gasteiger partial charge in [-0.15, -0.1) is 0 Å². The van der Waals surface area contributed by atoms with Crippen molar-refractivity contribution in [2.45, 2.75) is 39.3 Å². The molecule has 0 radical (unpaired) electrons. The van der Waals surface area contributed by atoms with Crippen LogP contribution in [0.1, 0.15) is 26.7 Å². The van der Waals surface area contributed by atoms with Gasteiger partial charge in [-0.2, -0.15) is 5.10 Å². The third-order valence-corrected chi connectivity index (χ3v) is 3.01. The van der Waals surface area contributed by atoms with Crippen LogP contribution in [0.2, 0.25) is 5.02 Å². The van der Waals surface area contributed by atoms with E-state index in [1.807, 2.05) is 6.92 Å². The molecule has 0 saturated heterocycles. The summed E-state index contributed by atoms with van der Waals surface area (Å²) in [6.45, 7) is 5.03. The molecule has 1 rings (SSSR count). The van der Waals surface area contributed by atoms with Gasteiger partial charge in [-0.1, -0.05) is 24.9 Å². The molecule has 6 heteroatoms. The Hall–Kier alpha value is -1.07. The molecule has 0 aliphatic heterocycles. The Morgan fingerprint density at radius 3 is 2.83 bits per heavy atom. The maximum atomic E-state index is 11.8. The summed E-state index contributed by atoms with van der Waals surface area (Å²) < 4.78 is 6.47. The van der Waals surface area contributed by atoms with Crippen molar-refractivity contribution < 1.29 is 4.74 Å². The SMILES string of the molecule is CCCC(COC)Nc1cnn(CC)c(=O)c1Cl. The molecule has 0 spiro atoms. The Balaban J connectivity index is 2.89. The van der Waals surface area contributed by atoms with Crippen LogP contribution in [0, 0.1) is 0 Å². The van der Waals surface area contributed by atoms with Crippen LogP contribution in [-0.4, -0.2) is 29.5 Å². The second-order valence-electron chi connectivity index (χ2n) is 4.08. The summed E-state index contributed by atoms with van der Waals surface area (Å²) in [5.41, 5.74) is 0.304. The van der Waals surface area contributed by atoms with Crippen molar-refractivity contribution in [2.24, 2.45) is 0 Å². The summed E-state index contributed by atoms with van der Waals surface area (Å²) in [6.07, 6.45) is 3.56. The van der Waals surface area contributed by atoms with E-state index in [-0.39, 0.29) is 16.6 Å². The molecule has 0 bridgehead atoms. The lowest BCUT2D eigenvalue weighted by molar-refractivity contribution is 0.182. The number of methoxy groups -OCH3 is 1. The van der Waals surface area contributed by atoms with E-state index in [1.54, 1.807) is 13.3 Å². The van der Waals surface area contributed by atoms with Crippen LogP contribution < -0.4 is 10.9 Å². The first-order valence-corrected chi connectivity index (χ1v) is 6.52. The van der Waals surface area contributed by atoms with Crippen LogP contribution in [0.4, 0.5) is 5.69 Å². The second-order valence-corrected chi connectivity index (χ2v) is 4.46. The van der Waals surface area contributed by atoms with E-state index in [1.165, 1.54) is 4.68 Å². The first-order valence-electron chi connectivity index (χ1n) is 6.15. The molecule has 5 nitrogen and oxygen atoms in total. The van der Waals surface area contributed by atoms with Crippen molar-refractivity contribution >= 4 is 17.3 Å². The zero-order valence-electron chi connectivity index (χ0n) is 11.1. The Morgan fingerprint density at radius 1 is 1.56 bits per heavy atom. The van der Waals surface area contributed by atoms with E-state index >= 15 is 0 Å². The highest BCUT2D eigenvalue weighted by atomic mass is 35.5. The summed E-state index contributed by atoms with van der Waals surface area (Å²) in [7, 11) is 1.65. The highest BCUT2D eigenvalue weighted by Gasteiger charge is 2.13. The topological polar surface area (TPSA) is 56.1 Å². The highest BCUT2D eigenvalue weighted by Crippen LogP contribution is 2.17. The molecular weight excluding hydrogens is 254 g/mol. The van der Waals surface area contributed by atoms with Crippen LogP contribution in [0.5, 0.6) is 0 Å². The van der Waals surface area contributed by atoms with Gasteiger partial charge >= 0.3 is 0 Å². The third-order valence-electron chi connectivity index (χ3n) is 2.65. The number of hydrogen-bond acceptors (Lipinski definition) is 4. The minimum Gasteiger partial charge on any atom is -0.383 e. The molecule has 1 aromatic rings. The first kappa shape index (κ1) is 15.0. The summed E-state index contributed by atoms with van der Waals surface area (Å²) in [6, 6.07) is 0.135. The van der Waals surface area contributed by atoms with E-state index in [9.17, 15) is 4.79 Å². The molecule has 1 N–H and O–H groups in total. The van der Waals surface area contributed by atoms with Crippen LogP contribution in [-0.2, 0) is 11.3 Å². The van der Waals surface area contributed by atoms with Gasteiger partial charge in [0.05, 0.1) is 18.5 Å². The monoisotopic (exact) mass is 273 g/mol. The van der Waals surface area contributed by atoms with E-state index in [0.29, 0.717) is 18.8 Å².